The summed E-state index contributed by atoms with van der Waals surface area (Å²) in [6, 6.07) is 3.85. The molecule has 3 nitrogen and oxygen atoms in total. The average Bonchev–Trinajstić information content (AvgIpc) is 2.54. The van der Waals surface area contributed by atoms with E-state index >= 15 is 0 Å². The van der Waals surface area contributed by atoms with Crippen molar-refractivity contribution < 1.29 is 0 Å². The van der Waals surface area contributed by atoms with Gasteiger partial charge in [0.1, 0.15) is 10.8 Å². The van der Waals surface area contributed by atoms with E-state index in [9.17, 15) is 0 Å². The van der Waals surface area contributed by atoms with Crippen LogP contribution in [0.25, 0.3) is 10.6 Å². The van der Waals surface area contributed by atoms with Crippen molar-refractivity contribution >= 4 is 17.2 Å². The molecule has 0 aromatic carbocycles. The Hall–Kier alpha value is -1.42. The van der Waals surface area contributed by atoms with Crippen molar-refractivity contribution in [1.29, 1.82) is 0 Å². The largest absolute Gasteiger partial charge is 0.383 e. The van der Waals surface area contributed by atoms with E-state index in [1.165, 1.54) is 11.3 Å². The zero-order valence-electron chi connectivity index (χ0n) is 6.27. The Morgan fingerprint density at radius 1 is 1.42 bits per heavy atom. The van der Waals surface area contributed by atoms with Crippen molar-refractivity contribution in [3.63, 3.8) is 0 Å². The molecule has 2 aromatic heterocycles. The molecule has 2 rings (SSSR count). The van der Waals surface area contributed by atoms with Gasteiger partial charge in [0.25, 0.3) is 0 Å². The van der Waals surface area contributed by atoms with Crippen LogP contribution >= 0.6 is 11.3 Å². The highest BCUT2D eigenvalue weighted by molar-refractivity contribution is 7.13. The molecule has 2 aromatic rings. The predicted molar refractivity (Wildman–Crippen MR) is 49.8 cm³/mol. The van der Waals surface area contributed by atoms with Gasteiger partial charge in [-0.2, -0.15) is 0 Å². The summed E-state index contributed by atoms with van der Waals surface area (Å²) < 4.78 is 0. The number of rotatable bonds is 1. The van der Waals surface area contributed by atoms with Gasteiger partial charge in [0.05, 0.1) is 0 Å². The molecule has 0 aliphatic rings. The first-order chi connectivity index (χ1) is 5.86. The third-order valence-corrected chi connectivity index (χ3v) is 2.34. The fraction of sp³-hybridized carbons (Fsp3) is 0. The minimum atomic E-state index is 0.568. The van der Waals surface area contributed by atoms with Crippen LogP contribution in [-0.2, 0) is 0 Å². The molecule has 2 N–H and O–H groups in total. The van der Waals surface area contributed by atoms with Gasteiger partial charge < -0.3 is 5.73 Å². The number of aromatic nitrogens is 2. The van der Waals surface area contributed by atoms with Crippen molar-refractivity contribution in [3.05, 3.63) is 29.9 Å². The lowest BCUT2D eigenvalue weighted by molar-refractivity contribution is 1.31. The second-order valence-electron chi connectivity index (χ2n) is 2.32. The Bertz CT molecular complexity index is 369. The lowest BCUT2D eigenvalue weighted by Gasteiger charge is -1.91. The van der Waals surface area contributed by atoms with E-state index < -0.39 is 0 Å². The Balaban J connectivity index is 2.45. The quantitative estimate of drug-likeness (QED) is 0.722. The summed E-state index contributed by atoms with van der Waals surface area (Å²) in [7, 11) is 0. The van der Waals surface area contributed by atoms with Crippen LogP contribution in [0.2, 0.25) is 0 Å². The Kier molecular flexibility index (Phi) is 1.75. The highest BCUT2D eigenvalue weighted by atomic mass is 32.1. The molecule has 0 bridgehead atoms. The molecule has 0 atom stereocenters. The number of anilines is 1. The van der Waals surface area contributed by atoms with Crippen molar-refractivity contribution in [2.24, 2.45) is 0 Å². The molecule has 0 aliphatic heterocycles. The molecule has 0 saturated carbocycles. The van der Waals surface area contributed by atoms with Crippen molar-refractivity contribution in [2.45, 2.75) is 0 Å². The third-order valence-electron chi connectivity index (χ3n) is 1.43. The molecule has 0 fully saturated rings. The molecule has 0 amide bonds. The van der Waals surface area contributed by atoms with Gasteiger partial charge in [0, 0.05) is 23.3 Å². The summed E-state index contributed by atoms with van der Waals surface area (Å²) in [5, 5.41) is 2.74. The SMILES string of the molecule is Nc1csc(-c2cccnc2)n1. The summed E-state index contributed by atoms with van der Waals surface area (Å²) in [5.41, 5.74) is 6.51. The molecular formula is C8H7N3S. The maximum Gasteiger partial charge on any atom is 0.135 e. The smallest absolute Gasteiger partial charge is 0.135 e. The molecule has 0 radical (unpaired) electrons. The number of thiazole rings is 1. The van der Waals surface area contributed by atoms with Crippen molar-refractivity contribution in [1.82, 2.24) is 9.97 Å². The van der Waals surface area contributed by atoms with Crippen molar-refractivity contribution in [3.8, 4) is 10.6 Å². The summed E-state index contributed by atoms with van der Waals surface area (Å²) in [5.74, 6) is 0.568. The predicted octanol–water partition coefficient (Wildman–Crippen LogP) is 1.79. The normalized spacial score (nSPS) is 10.0. The van der Waals surface area contributed by atoms with Crippen LogP contribution in [0, 0.1) is 0 Å². The summed E-state index contributed by atoms with van der Waals surface area (Å²) >= 11 is 1.53. The number of hydrogen-bond donors (Lipinski definition) is 1. The second-order valence-corrected chi connectivity index (χ2v) is 3.18. The molecule has 60 valence electrons. The maximum atomic E-state index is 5.49. The van der Waals surface area contributed by atoms with E-state index in [4.69, 9.17) is 5.73 Å². The van der Waals surface area contributed by atoms with Gasteiger partial charge in [0.2, 0.25) is 0 Å². The second kappa shape index (κ2) is 2.91. The van der Waals surface area contributed by atoms with Gasteiger partial charge in [0.15, 0.2) is 0 Å². The minimum Gasteiger partial charge on any atom is -0.383 e. The molecule has 0 saturated heterocycles. The van der Waals surface area contributed by atoms with Gasteiger partial charge in [-0.3, -0.25) is 4.98 Å². The molecule has 0 unspecified atom stereocenters. The fourth-order valence-electron chi connectivity index (χ4n) is 0.908. The van der Waals surface area contributed by atoms with Gasteiger partial charge in [-0.25, -0.2) is 4.98 Å². The Morgan fingerprint density at radius 3 is 2.92 bits per heavy atom. The van der Waals surface area contributed by atoms with Crippen molar-refractivity contribution in [2.75, 3.05) is 5.73 Å². The first-order valence-electron chi connectivity index (χ1n) is 3.47. The number of nitrogens with two attached hydrogens (primary N) is 1. The summed E-state index contributed by atoms with van der Waals surface area (Å²) in [6.07, 6.45) is 3.51. The first-order valence-corrected chi connectivity index (χ1v) is 4.35. The number of hydrogen-bond acceptors (Lipinski definition) is 4. The highest BCUT2D eigenvalue weighted by Crippen LogP contribution is 2.22. The van der Waals surface area contributed by atoms with E-state index in [0.717, 1.165) is 10.6 Å². The first kappa shape index (κ1) is 7.24. The standard InChI is InChI=1S/C8H7N3S/c9-7-5-12-8(11-7)6-2-1-3-10-4-6/h1-5H,9H2. The Morgan fingerprint density at radius 2 is 2.33 bits per heavy atom. The lowest BCUT2D eigenvalue weighted by atomic mass is 10.3. The van der Waals surface area contributed by atoms with Crippen LogP contribution in [0.5, 0.6) is 0 Å². The van der Waals surface area contributed by atoms with Gasteiger partial charge in [-0.15, -0.1) is 11.3 Å². The van der Waals surface area contributed by atoms with Crippen LogP contribution in [0.4, 0.5) is 5.82 Å². The number of pyridine rings is 1. The van der Waals surface area contributed by atoms with E-state index in [1.807, 2.05) is 17.5 Å². The monoisotopic (exact) mass is 177 g/mol. The van der Waals surface area contributed by atoms with E-state index in [1.54, 1.807) is 12.4 Å². The van der Waals surface area contributed by atoms with Gasteiger partial charge in [-0.1, -0.05) is 0 Å². The Labute approximate surface area is 73.9 Å². The fourth-order valence-corrected chi connectivity index (χ4v) is 1.61. The van der Waals surface area contributed by atoms with E-state index in [-0.39, 0.29) is 0 Å². The summed E-state index contributed by atoms with van der Waals surface area (Å²) in [4.78, 5) is 8.13. The molecule has 12 heavy (non-hydrogen) atoms. The highest BCUT2D eigenvalue weighted by Gasteiger charge is 2.00. The molecule has 4 heteroatoms. The molecule has 0 spiro atoms. The van der Waals surface area contributed by atoms with Gasteiger partial charge >= 0.3 is 0 Å². The van der Waals surface area contributed by atoms with Gasteiger partial charge in [-0.05, 0) is 12.1 Å². The lowest BCUT2D eigenvalue weighted by Crippen LogP contribution is -1.83. The zero-order chi connectivity index (χ0) is 8.39. The summed E-state index contributed by atoms with van der Waals surface area (Å²) in [6.45, 7) is 0. The van der Waals surface area contributed by atoms with E-state index in [0.29, 0.717) is 5.82 Å². The van der Waals surface area contributed by atoms with Crippen LogP contribution in [0.3, 0.4) is 0 Å². The number of nitrogen functional groups attached to an aromatic ring is 1. The van der Waals surface area contributed by atoms with Crippen LogP contribution < -0.4 is 5.73 Å². The van der Waals surface area contributed by atoms with E-state index in [2.05, 4.69) is 9.97 Å². The van der Waals surface area contributed by atoms with Crippen LogP contribution in [0.1, 0.15) is 0 Å². The molecule has 2 heterocycles. The topological polar surface area (TPSA) is 51.8 Å². The number of nitrogens with zero attached hydrogens (tertiary/aromatic N) is 2. The molecular weight excluding hydrogens is 170 g/mol. The average molecular weight is 177 g/mol. The van der Waals surface area contributed by atoms with Crippen LogP contribution in [0.15, 0.2) is 29.9 Å². The maximum absolute atomic E-state index is 5.49. The third kappa shape index (κ3) is 1.29. The van der Waals surface area contributed by atoms with Crippen LogP contribution in [-0.4, -0.2) is 9.97 Å². The zero-order valence-corrected chi connectivity index (χ0v) is 7.08. The minimum absolute atomic E-state index is 0.568. The molecule has 0 aliphatic carbocycles.